The van der Waals surface area contributed by atoms with Crippen LogP contribution in [0.25, 0.3) is 0 Å². The van der Waals surface area contributed by atoms with Crippen LogP contribution < -0.4 is 10.6 Å². The number of hydrogen-bond donors (Lipinski definition) is 2. The minimum atomic E-state index is -0.358. The Kier molecular flexibility index (Phi) is 6.45. The summed E-state index contributed by atoms with van der Waals surface area (Å²) in [6, 6.07) is 0.399. The lowest BCUT2D eigenvalue weighted by atomic mass is 9.93. The van der Waals surface area contributed by atoms with Crippen molar-refractivity contribution in [3.63, 3.8) is 0 Å². The predicted octanol–water partition coefficient (Wildman–Crippen LogP) is 1.50. The number of carbonyl (C=O) groups is 1. The Morgan fingerprint density at radius 1 is 1.32 bits per heavy atom. The van der Waals surface area contributed by atoms with Crippen LogP contribution in [0.2, 0.25) is 0 Å². The van der Waals surface area contributed by atoms with Gasteiger partial charge in [0.1, 0.15) is 0 Å². The van der Waals surface area contributed by atoms with Crippen LogP contribution in [0.4, 0.5) is 0 Å². The molecule has 0 aliphatic carbocycles. The Bertz CT molecular complexity index is 575. The van der Waals surface area contributed by atoms with Crippen molar-refractivity contribution >= 4 is 11.9 Å². The number of hydrogen-bond acceptors (Lipinski definition) is 3. The summed E-state index contributed by atoms with van der Waals surface area (Å²) in [6.07, 6.45) is 6.87. The molecule has 7 heteroatoms. The number of piperidine rings is 1. The second-order valence-corrected chi connectivity index (χ2v) is 7.77. The van der Waals surface area contributed by atoms with Gasteiger partial charge in [0, 0.05) is 51.0 Å². The minimum absolute atomic E-state index is 0.0660. The van der Waals surface area contributed by atoms with Crippen LogP contribution in [-0.4, -0.2) is 59.5 Å². The van der Waals surface area contributed by atoms with Crippen molar-refractivity contribution in [1.82, 2.24) is 25.1 Å². The van der Waals surface area contributed by atoms with Gasteiger partial charge in [-0.2, -0.15) is 0 Å². The standard InChI is InChI=1S/C18H32N6O/c1-14-6-10-23(12-15(14)24-11-9-20-13-24)17(19-5)22-8-7-21-16(25)18(2,3)4/h9,11,13-15H,6-8,10,12H2,1-5H3,(H,19,22)(H,21,25). The molecule has 2 rings (SSSR count). The fourth-order valence-corrected chi connectivity index (χ4v) is 3.04. The normalized spacial score (nSPS) is 22.0. The Morgan fingerprint density at radius 3 is 2.64 bits per heavy atom. The molecule has 140 valence electrons. The topological polar surface area (TPSA) is 74.6 Å². The summed E-state index contributed by atoms with van der Waals surface area (Å²) in [5.74, 6) is 1.56. The van der Waals surface area contributed by atoms with Crippen LogP contribution in [0, 0.1) is 11.3 Å². The number of imidazole rings is 1. The molecular formula is C18H32N6O. The predicted molar refractivity (Wildman–Crippen MR) is 100 cm³/mol. The first-order valence-corrected chi connectivity index (χ1v) is 9.04. The van der Waals surface area contributed by atoms with Gasteiger partial charge in [-0.05, 0) is 12.3 Å². The fourth-order valence-electron chi connectivity index (χ4n) is 3.04. The maximum atomic E-state index is 11.9. The number of likely N-dealkylation sites (tertiary alicyclic amines) is 1. The van der Waals surface area contributed by atoms with Crippen molar-refractivity contribution < 1.29 is 4.79 Å². The van der Waals surface area contributed by atoms with Gasteiger partial charge >= 0.3 is 0 Å². The van der Waals surface area contributed by atoms with Crippen molar-refractivity contribution in [2.45, 2.75) is 40.2 Å². The second kappa shape index (κ2) is 8.36. The zero-order chi connectivity index (χ0) is 18.4. The molecule has 1 aromatic rings. The summed E-state index contributed by atoms with van der Waals surface area (Å²) in [5, 5.41) is 6.32. The van der Waals surface area contributed by atoms with Crippen molar-refractivity contribution in [2.24, 2.45) is 16.3 Å². The Balaban J connectivity index is 1.85. The third-order valence-electron chi connectivity index (χ3n) is 4.71. The summed E-state index contributed by atoms with van der Waals surface area (Å²) in [5.41, 5.74) is -0.358. The fraction of sp³-hybridized carbons (Fsp3) is 0.722. The molecular weight excluding hydrogens is 316 g/mol. The molecule has 1 fully saturated rings. The molecule has 25 heavy (non-hydrogen) atoms. The maximum absolute atomic E-state index is 11.9. The maximum Gasteiger partial charge on any atom is 0.225 e. The van der Waals surface area contributed by atoms with E-state index in [9.17, 15) is 4.79 Å². The Labute approximate surface area is 150 Å². The molecule has 0 spiro atoms. The summed E-state index contributed by atoms with van der Waals surface area (Å²) in [6.45, 7) is 11.2. The number of carbonyl (C=O) groups excluding carboxylic acids is 1. The van der Waals surface area contributed by atoms with E-state index in [-0.39, 0.29) is 11.3 Å². The van der Waals surface area contributed by atoms with Gasteiger partial charge in [0.05, 0.1) is 12.4 Å². The molecule has 2 atom stereocenters. The van der Waals surface area contributed by atoms with Crippen molar-refractivity contribution in [1.29, 1.82) is 0 Å². The second-order valence-electron chi connectivity index (χ2n) is 7.77. The monoisotopic (exact) mass is 348 g/mol. The molecule has 7 nitrogen and oxygen atoms in total. The van der Waals surface area contributed by atoms with E-state index in [1.54, 1.807) is 7.05 Å². The van der Waals surface area contributed by atoms with Crippen LogP contribution >= 0.6 is 0 Å². The number of nitrogens with zero attached hydrogens (tertiary/aromatic N) is 4. The van der Waals surface area contributed by atoms with Crippen molar-refractivity contribution in [2.75, 3.05) is 33.2 Å². The summed E-state index contributed by atoms with van der Waals surface area (Å²) in [4.78, 5) is 22.8. The average Bonchev–Trinajstić information content (AvgIpc) is 3.09. The Hall–Kier alpha value is -2.05. The summed E-state index contributed by atoms with van der Waals surface area (Å²) in [7, 11) is 1.81. The first kappa shape index (κ1) is 19.3. The van der Waals surface area contributed by atoms with Crippen molar-refractivity contribution in [3.05, 3.63) is 18.7 Å². The average molecular weight is 348 g/mol. The molecule has 1 aromatic heterocycles. The van der Waals surface area contributed by atoms with Crippen LogP contribution in [0.3, 0.4) is 0 Å². The van der Waals surface area contributed by atoms with Gasteiger partial charge in [-0.1, -0.05) is 27.7 Å². The van der Waals surface area contributed by atoms with Crippen molar-refractivity contribution in [3.8, 4) is 0 Å². The van der Waals surface area contributed by atoms with Crippen LogP contribution in [0.5, 0.6) is 0 Å². The van der Waals surface area contributed by atoms with Crippen LogP contribution in [0.1, 0.15) is 40.2 Å². The zero-order valence-corrected chi connectivity index (χ0v) is 16.1. The molecule has 0 bridgehead atoms. The van der Waals surface area contributed by atoms with E-state index in [1.807, 2.05) is 39.5 Å². The van der Waals surface area contributed by atoms with Gasteiger partial charge < -0.3 is 20.1 Å². The van der Waals surface area contributed by atoms with Gasteiger partial charge in [-0.25, -0.2) is 4.98 Å². The molecule has 2 N–H and O–H groups in total. The molecule has 0 radical (unpaired) electrons. The number of nitrogens with one attached hydrogen (secondary N) is 2. The van der Waals surface area contributed by atoms with E-state index < -0.39 is 0 Å². The van der Waals surface area contributed by atoms with Crippen LogP contribution in [-0.2, 0) is 4.79 Å². The minimum Gasteiger partial charge on any atom is -0.354 e. The molecule has 1 saturated heterocycles. The quantitative estimate of drug-likeness (QED) is 0.491. The molecule has 1 amide bonds. The van der Waals surface area contributed by atoms with Gasteiger partial charge in [-0.15, -0.1) is 0 Å². The number of guanidine groups is 1. The largest absolute Gasteiger partial charge is 0.354 e. The SMILES string of the molecule is CN=C(NCCNC(=O)C(C)(C)C)N1CCC(C)C(n2ccnc2)C1. The highest BCUT2D eigenvalue weighted by molar-refractivity contribution is 5.82. The van der Waals surface area contributed by atoms with E-state index >= 15 is 0 Å². The molecule has 1 aliphatic heterocycles. The molecule has 0 saturated carbocycles. The van der Waals surface area contributed by atoms with E-state index in [4.69, 9.17) is 0 Å². The van der Waals surface area contributed by atoms with Gasteiger partial charge in [0.2, 0.25) is 5.91 Å². The highest BCUT2D eigenvalue weighted by Gasteiger charge is 2.28. The lowest BCUT2D eigenvalue weighted by molar-refractivity contribution is -0.128. The third-order valence-corrected chi connectivity index (χ3v) is 4.71. The van der Waals surface area contributed by atoms with E-state index in [1.165, 1.54) is 0 Å². The van der Waals surface area contributed by atoms with Gasteiger partial charge in [0.25, 0.3) is 0 Å². The molecule has 0 aromatic carbocycles. The molecule has 2 unspecified atom stereocenters. The van der Waals surface area contributed by atoms with E-state index in [0.717, 1.165) is 25.5 Å². The molecule has 1 aliphatic rings. The zero-order valence-electron chi connectivity index (χ0n) is 16.1. The van der Waals surface area contributed by atoms with E-state index in [0.29, 0.717) is 25.0 Å². The first-order valence-electron chi connectivity index (χ1n) is 9.04. The number of amides is 1. The number of aliphatic imine (C=N–C) groups is 1. The summed E-state index contributed by atoms with van der Waals surface area (Å²) >= 11 is 0. The van der Waals surface area contributed by atoms with Crippen LogP contribution in [0.15, 0.2) is 23.7 Å². The lowest BCUT2D eigenvalue weighted by Crippen LogP contribution is -2.50. The number of aromatic nitrogens is 2. The lowest BCUT2D eigenvalue weighted by Gasteiger charge is -2.39. The highest BCUT2D eigenvalue weighted by Crippen LogP contribution is 2.27. The number of rotatable bonds is 4. The first-order chi connectivity index (χ1) is 11.8. The smallest absolute Gasteiger partial charge is 0.225 e. The van der Waals surface area contributed by atoms with Gasteiger partial charge in [-0.3, -0.25) is 9.79 Å². The van der Waals surface area contributed by atoms with Gasteiger partial charge in [0.15, 0.2) is 5.96 Å². The Morgan fingerprint density at radius 2 is 2.04 bits per heavy atom. The summed E-state index contributed by atoms with van der Waals surface area (Å²) < 4.78 is 2.19. The third kappa shape index (κ3) is 5.21. The highest BCUT2D eigenvalue weighted by atomic mass is 16.2. The molecule has 2 heterocycles. The van der Waals surface area contributed by atoms with E-state index in [2.05, 4.69) is 37.0 Å².